The fourth-order valence-electron chi connectivity index (χ4n) is 8.59. The number of carbonyl (C=O) groups is 3. The first-order valence-corrected chi connectivity index (χ1v) is 22.1. The third-order valence-corrected chi connectivity index (χ3v) is 12.4. The number of thiazole rings is 1. The molecular weight excluding hydrogens is 832 g/mol. The Morgan fingerprint density at radius 3 is 2.28 bits per heavy atom. The molecule has 5 heterocycles. The topological polar surface area (TPSA) is 160 Å². The smallest absolute Gasteiger partial charge is 0.413 e. The van der Waals surface area contributed by atoms with E-state index in [1.54, 1.807) is 26.8 Å². The minimum absolute atomic E-state index is 0.0150. The number of hydrogen-bond acceptors (Lipinski definition) is 12. The van der Waals surface area contributed by atoms with Gasteiger partial charge in [0.05, 0.1) is 27.3 Å². The molecule has 61 heavy (non-hydrogen) atoms. The Balaban J connectivity index is 1.22. The summed E-state index contributed by atoms with van der Waals surface area (Å²) in [6.45, 7) is 15.6. The molecule has 2 N–H and O–H groups in total. The third-order valence-electron chi connectivity index (χ3n) is 11.1. The molecule has 2 amide bonds. The molecule has 2 aromatic heterocycles. The number of piperazine rings is 1. The molecule has 2 aromatic carbocycles. The van der Waals surface area contributed by atoms with Crippen LogP contribution in [-0.4, -0.2) is 110 Å². The number of rotatable bonds is 11. The predicted molar refractivity (Wildman–Crippen MR) is 231 cm³/mol. The number of hydrogen-bond donors (Lipinski definition) is 2. The highest BCUT2D eigenvalue weighted by Crippen LogP contribution is 2.44. The molecule has 14 nitrogen and oxygen atoms in total. The number of carboxylic acid groups (broad SMARTS) is 1. The summed E-state index contributed by atoms with van der Waals surface area (Å²) < 4.78 is 50.3. The van der Waals surface area contributed by atoms with Crippen LogP contribution in [0, 0.1) is 17.6 Å². The van der Waals surface area contributed by atoms with Gasteiger partial charge < -0.3 is 24.2 Å². The first-order chi connectivity index (χ1) is 28.7. The molecule has 330 valence electrons. The van der Waals surface area contributed by atoms with Crippen LogP contribution in [0.5, 0.6) is 6.01 Å². The van der Waals surface area contributed by atoms with E-state index in [9.17, 15) is 14.4 Å². The summed E-state index contributed by atoms with van der Waals surface area (Å²) in [7, 11) is 0. The van der Waals surface area contributed by atoms with Gasteiger partial charge in [-0.25, -0.2) is 23.4 Å². The van der Waals surface area contributed by atoms with E-state index in [1.165, 1.54) is 12.1 Å². The maximum absolute atomic E-state index is 17.4. The zero-order valence-corrected chi connectivity index (χ0v) is 37.2. The first-order valence-electron chi connectivity index (χ1n) is 20.9. The monoisotopic (exact) mass is 885 g/mol. The Kier molecular flexibility index (Phi) is 12.9. The average molecular weight is 886 g/mol. The Labute approximate surface area is 362 Å². The van der Waals surface area contributed by atoms with Gasteiger partial charge in [-0.15, -0.1) is 0 Å². The number of piperidine rings is 1. The minimum Gasteiger partial charge on any atom is -0.481 e. The van der Waals surface area contributed by atoms with Crippen molar-refractivity contribution in [2.75, 3.05) is 42.9 Å². The molecule has 4 aromatic rings. The number of fused-ring (bicyclic) bond motifs is 4. The van der Waals surface area contributed by atoms with Crippen LogP contribution >= 0.6 is 22.9 Å². The lowest BCUT2D eigenvalue weighted by Crippen LogP contribution is -2.57. The lowest BCUT2D eigenvalue weighted by Gasteiger charge is -2.42. The van der Waals surface area contributed by atoms with Gasteiger partial charge in [-0.05, 0) is 124 Å². The lowest BCUT2D eigenvalue weighted by molar-refractivity contribution is -0.137. The van der Waals surface area contributed by atoms with Crippen LogP contribution < -0.4 is 15.0 Å². The number of aliphatic carboxylic acids is 1. The van der Waals surface area contributed by atoms with E-state index in [2.05, 4.69) is 20.2 Å². The van der Waals surface area contributed by atoms with E-state index in [0.717, 1.165) is 56.5 Å². The SMILES string of the molecule is C[C@@H](CN1CCC(CCCC(=O)O)CC1)Oc1nc(N2CC3CCC(C2)N3C(=O)OC(C)(C)C)c2cc(Cl)c(-c3ccc(F)c4sc(NC(=O)OC(C)(C)C)nc34)c(F)c2n1. The summed E-state index contributed by atoms with van der Waals surface area (Å²) in [5, 5.41) is 12.0. The number of amides is 2. The van der Waals surface area contributed by atoms with Gasteiger partial charge >= 0.3 is 24.2 Å². The van der Waals surface area contributed by atoms with Gasteiger partial charge in [0.25, 0.3) is 0 Å². The van der Waals surface area contributed by atoms with Crippen LogP contribution in [0.25, 0.3) is 32.2 Å². The van der Waals surface area contributed by atoms with Crippen molar-refractivity contribution in [3.05, 3.63) is 34.9 Å². The fraction of sp³-hybridized carbons (Fsp3) is 0.581. The highest BCUT2D eigenvalue weighted by atomic mass is 35.5. The molecule has 0 saturated carbocycles. The second-order valence-corrected chi connectivity index (χ2v) is 19.7. The number of nitrogens with zero attached hydrogens (tertiary/aromatic N) is 6. The second-order valence-electron chi connectivity index (χ2n) is 18.3. The Morgan fingerprint density at radius 1 is 0.967 bits per heavy atom. The maximum atomic E-state index is 17.4. The number of nitrogens with one attached hydrogen (secondary N) is 1. The van der Waals surface area contributed by atoms with Crippen molar-refractivity contribution in [1.82, 2.24) is 24.8 Å². The van der Waals surface area contributed by atoms with Crippen LogP contribution in [0.15, 0.2) is 18.2 Å². The van der Waals surface area contributed by atoms with Gasteiger partial charge in [0.1, 0.15) is 34.5 Å². The maximum Gasteiger partial charge on any atom is 0.413 e. The van der Waals surface area contributed by atoms with E-state index >= 15 is 8.78 Å². The average Bonchev–Trinajstić information content (AvgIpc) is 3.69. The van der Waals surface area contributed by atoms with Crippen LogP contribution in [-0.2, 0) is 14.3 Å². The van der Waals surface area contributed by atoms with Crippen molar-refractivity contribution in [1.29, 1.82) is 0 Å². The molecule has 3 aliphatic rings. The number of halogens is 3. The molecule has 0 aliphatic carbocycles. The number of likely N-dealkylation sites (tertiary alicyclic amines) is 1. The van der Waals surface area contributed by atoms with E-state index in [-0.39, 0.29) is 73.7 Å². The number of benzene rings is 2. The lowest BCUT2D eigenvalue weighted by atomic mass is 9.91. The van der Waals surface area contributed by atoms with Gasteiger partial charge in [-0.3, -0.25) is 19.9 Å². The van der Waals surface area contributed by atoms with Gasteiger partial charge in [-0.1, -0.05) is 22.9 Å². The third kappa shape index (κ3) is 10.4. The van der Waals surface area contributed by atoms with Crippen molar-refractivity contribution in [2.24, 2.45) is 5.92 Å². The van der Waals surface area contributed by atoms with Crippen LogP contribution in [0.3, 0.4) is 0 Å². The molecule has 2 bridgehead atoms. The Morgan fingerprint density at radius 2 is 1.64 bits per heavy atom. The summed E-state index contributed by atoms with van der Waals surface area (Å²) in [4.78, 5) is 57.1. The van der Waals surface area contributed by atoms with Gasteiger partial charge in [0, 0.05) is 42.6 Å². The Bertz CT molecular complexity index is 2300. The van der Waals surface area contributed by atoms with E-state index in [4.69, 9.17) is 35.9 Å². The van der Waals surface area contributed by atoms with Gasteiger partial charge in [0.2, 0.25) is 0 Å². The molecular formula is C43H54ClF2N7O7S. The number of aromatic nitrogens is 3. The van der Waals surface area contributed by atoms with E-state index < -0.39 is 34.9 Å². The minimum atomic E-state index is -0.786. The van der Waals surface area contributed by atoms with Crippen molar-refractivity contribution in [2.45, 2.75) is 123 Å². The zero-order chi connectivity index (χ0) is 44.0. The van der Waals surface area contributed by atoms with Crippen LogP contribution in [0.2, 0.25) is 5.02 Å². The van der Waals surface area contributed by atoms with Crippen molar-refractivity contribution < 1.29 is 42.5 Å². The number of carbonyl (C=O) groups excluding carboxylic acids is 2. The molecule has 3 atom stereocenters. The van der Waals surface area contributed by atoms with Gasteiger partial charge in [0.15, 0.2) is 10.9 Å². The van der Waals surface area contributed by atoms with Crippen molar-refractivity contribution in [3.63, 3.8) is 0 Å². The normalized spacial score (nSPS) is 19.4. The van der Waals surface area contributed by atoms with Gasteiger partial charge in [-0.2, -0.15) is 9.97 Å². The summed E-state index contributed by atoms with van der Waals surface area (Å²) in [5.74, 6) is -1.28. The molecule has 0 spiro atoms. The Hall–Kier alpha value is -4.61. The summed E-state index contributed by atoms with van der Waals surface area (Å²) in [6, 6.07) is 3.82. The second kappa shape index (κ2) is 17.6. The molecule has 7 rings (SSSR count). The highest BCUT2D eigenvalue weighted by Gasteiger charge is 2.45. The first kappa shape index (κ1) is 44.4. The fourth-order valence-corrected chi connectivity index (χ4v) is 9.77. The highest BCUT2D eigenvalue weighted by molar-refractivity contribution is 7.22. The van der Waals surface area contributed by atoms with Crippen LogP contribution in [0.1, 0.15) is 93.4 Å². The summed E-state index contributed by atoms with van der Waals surface area (Å²) >= 11 is 7.87. The molecule has 2 unspecified atom stereocenters. The number of anilines is 2. The molecule has 0 radical (unpaired) electrons. The molecule has 18 heteroatoms. The molecule has 3 fully saturated rings. The van der Waals surface area contributed by atoms with Crippen molar-refractivity contribution in [3.8, 4) is 17.1 Å². The largest absolute Gasteiger partial charge is 0.481 e. The molecule has 3 aliphatic heterocycles. The van der Waals surface area contributed by atoms with E-state index in [0.29, 0.717) is 43.2 Å². The predicted octanol–water partition coefficient (Wildman–Crippen LogP) is 9.51. The van der Waals surface area contributed by atoms with Crippen molar-refractivity contribution >= 4 is 73.2 Å². The summed E-state index contributed by atoms with van der Waals surface area (Å²) in [6.07, 6.45) is 3.67. The quantitative estimate of drug-likeness (QED) is 0.147. The number of ether oxygens (including phenoxy) is 3. The number of carboxylic acids is 1. The molecule has 3 saturated heterocycles. The van der Waals surface area contributed by atoms with E-state index in [1.807, 2.05) is 37.5 Å². The summed E-state index contributed by atoms with van der Waals surface area (Å²) in [5.41, 5.74) is -1.27. The standard InChI is InChI=1S/C43H54ClF2N7O7S/c1-23(20-51-17-15-24(16-18-51)9-8-10-31(54)55)58-38-47-34-28(37(49-38)52-21-25-11-12-26(22-52)53(25)41(57)60-43(5,6)7)19-29(44)32(33(34)46)27-13-14-30(45)36-35(27)48-39(61-36)50-40(56)59-42(2,3)4/h13-14,19,23-26H,8-12,15-18,20-22H2,1-7H3,(H,54,55)(H,48,50,56)/t23-,25?,26?/m0/s1. The van der Waals surface area contributed by atoms with Crippen LogP contribution in [0.4, 0.5) is 29.3 Å². The zero-order valence-electron chi connectivity index (χ0n) is 35.6.